The molecule has 0 atom stereocenters. The number of hydrogen-bond acceptors (Lipinski definition) is 3. The van der Waals surface area contributed by atoms with Crippen molar-refractivity contribution >= 4 is 15.7 Å². The Balaban J connectivity index is 2.23. The maximum absolute atomic E-state index is 13.3. The van der Waals surface area contributed by atoms with Gasteiger partial charge in [0, 0.05) is 6.54 Å². The molecule has 2 rings (SSSR count). The molecule has 0 saturated carbocycles. The minimum Gasteiger partial charge on any atom is -0.348 e. The number of carbonyl (C=O) groups is 1. The van der Waals surface area contributed by atoms with Gasteiger partial charge in [-0.1, -0.05) is 24.3 Å². The Labute approximate surface area is 141 Å². The molecule has 0 bridgehead atoms. The molecule has 0 aromatic heterocycles. The number of benzene rings is 2. The summed E-state index contributed by atoms with van der Waals surface area (Å²) in [6, 6.07) is 10.7. The van der Waals surface area contributed by atoms with E-state index < -0.39 is 21.0 Å². The van der Waals surface area contributed by atoms with Gasteiger partial charge in [-0.25, -0.2) is 12.8 Å². The molecule has 1 amide bonds. The van der Waals surface area contributed by atoms with Crippen LogP contribution in [0.4, 0.5) is 4.39 Å². The van der Waals surface area contributed by atoms with Crippen LogP contribution in [0.2, 0.25) is 0 Å². The van der Waals surface area contributed by atoms with E-state index in [9.17, 15) is 17.6 Å². The van der Waals surface area contributed by atoms with Crippen LogP contribution < -0.4 is 5.32 Å². The quantitative estimate of drug-likeness (QED) is 0.901. The number of halogens is 1. The Bertz CT molecular complexity index is 860. The van der Waals surface area contributed by atoms with E-state index in [-0.39, 0.29) is 22.8 Å². The molecule has 0 spiro atoms. The molecule has 128 valence electrons. The monoisotopic (exact) mass is 349 g/mol. The second-order valence-corrected chi connectivity index (χ2v) is 8.33. The Morgan fingerprint density at radius 2 is 1.83 bits per heavy atom. The van der Waals surface area contributed by atoms with Gasteiger partial charge in [-0.3, -0.25) is 4.79 Å². The molecule has 1 N–H and O–H groups in total. The van der Waals surface area contributed by atoms with Crippen molar-refractivity contribution in [3.63, 3.8) is 0 Å². The highest BCUT2D eigenvalue weighted by molar-refractivity contribution is 7.92. The third-order valence-electron chi connectivity index (χ3n) is 3.73. The van der Waals surface area contributed by atoms with Gasteiger partial charge in [0.25, 0.3) is 5.91 Å². The molecule has 4 nitrogen and oxygen atoms in total. The fraction of sp³-hybridized carbons (Fsp3) is 0.278. The molecule has 0 saturated heterocycles. The van der Waals surface area contributed by atoms with E-state index in [1.54, 1.807) is 45.0 Å². The Hall–Kier alpha value is -2.21. The highest BCUT2D eigenvalue weighted by Crippen LogP contribution is 2.20. The smallest absolute Gasteiger partial charge is 0.252 e. The first-order valence-electron chi connectivity index (χ1n) is 7.59. The van der Waals surface area contributed by atoms with Crippen molar-refractivity contribution in [2.75, 3.05) is 0 Å². The Morgan fingerprint density at radius 3 is 2.46 bits per heavy atom. The summed E-state index contributed by atoms with van der Waals surface area (Å²) in [7, 11) is -3.56. The lowest BCUT2D eigenvalue weighted by atomic mass is 10.1. The normalized spacial score (nSPS) is 11.5. The predicted molar refractivity (Wildman–Crippen MR) is 91.1 cm³/mol. The first-order chi connectivity index (χ1) is 11.2. The fourth-order valence-corrected chi connectivity index (χ4v) is 3.49. The van der Waals surface area contributed by atoms with Gasteiger partial charge >= 0.3 is 0 Å². The summed E-state index contributed by atoms with van der Waals surface area (Å²) in [5.74, 6) is -0.782. The summed E-state index contributed by atoms with van der Waals surface area (Å²) in [5.41, 5.74) is 1.35. The molecule has 0 aliphatic heterocycles. The highest BCUT2D eigenvalue weighted by Gasteiger charge is 2.25. The lowest BCUT2D eigenvalue weighted by molar-refractivity contribution is 0.0947. The van der Waals surface area contributed by atoms with Gasteiger partial charge in [-0.05, 0) is 50.1 Å². The molecule has 0 aliphatic rings. The van der Waals surface area contributed by atoms with Crippen LogP contribution in [-0.2, 0) is 16.4 Å². The average molecular weight is 349 g/mol. The van der Waals surface area contributed by atoms with Crippen molar-refractivity contribution < 1.29 is 17.6 Å². The minimum absolute atomic E-state index is 0.0211. The van der Waals surface area contributed by atoms with Crippen LogP contribution in [0.3, 0.4) is 0 Å². The standard InChI is InChI=1S/C18H20FNO3S/c1-12(2)24(22,23)17-7-5-4-6-15(17)18(21)20-11-14-8-9-16(19)13(3)10-14/h4-10,12H,11H2,1-3H3,(H,20,21). The van der Waals surface area contributed by atoms with E-state index in [1.165, 1.54) is 18.2 Å². The van der Waals surface area contributed by atoms with Crippen molar-refractivity contribution in [2.45, 2.75) is 37.5 Å². The Morgan fingerprint density at radius 1 is 1.17 bits per heavy atom. The van der Waals surface area contributed by atoms with Crippen LogP contribution in [0, 0.1) is 12.7 Å². The highest BCUT2D eigenvalue weighted by atomic mass is 32.2. The van der Waals surface area contributed by atoms with Gasteiger partial charge in [0.2, 0.25) is 0 Å². The molecular formula is C18H20FNO3S. The van der Waals surface area contributed by atoms with Crippen LogP contribution in [0.25, 0.3) is 0 Å². The molecule has 2 aromatic rings. The van der Waals surface area contributed by atoms with Gasteiger partial charge in [-0.15, -0.1) is 0 Å². The molecule has 2 aromatic carbocycles. The summed E-state index contributed by atoms with van der Waals surface area (Å²) >= 11 is 0. The van der Waals surface area contributed by atoms with E-state index in [0.29, 0.717) is 5.56 Å². The summed E-state index contributed by atoms with van der Waals surface area (Å²) in [4.78, 5) is 12.4. The number of rotatable bonds is 5. The first-order valence-corrected chi connectivity index (χ1v) is 9.14. The van der Waals surface area contributed by atoms with E-state index in [4.69, 9.17) is 0 Å². The van der Waals surface area contributed by atoms with E-state index in [2.05, 4.69) is 5.32 Å². The third kappa shape index (κ3) is 3.82. The average Bonchev–Trinajstić information content (AvgIpc) is 2.55. The zero-order valence-corrected chi connectivity index (χ0v) is 14.7. The second kappa shape index (κ2) is 7.13. The van der Waals surface area contributed by atoms with Crippen molar-refractivity contribution in [3.8, 4) is 0 Å². The molecule has 0 heterocycles. The Kier molecular flexibility index (Phi) is 5.39. The number of sulfone groups is 1. The van der Waals surface area contributed by atoms with Gasteiger partial charge in [0.1, 0.15) is 5.82 Å². The summed E-state index contributed by atoms with van der Waals surface area (Å²) in [6.07, 6.45) is 0. The lowest BCUT2D eigenvalue weighted by Crippen LogP contribution is -2.26. The van der Waals surface area contributed by atoms with Crippen LogP contribution >= 0.6 is 0 Å². The minimum atomic E-state index is -3.56. The van der Waals surface area contributed by atoms with Crippen molar-refractivity contribution in [3.05, 3.63) is 65.0 Å². The van der Waals surface area contributed by atoms with Crippen LogP contribution in [0.5, 0.6) is 0 Å². The van der Waals surface area contributed by atoms with Crippen molar-refractivity contribution in [2.24, 2.45) is 0 Å². The molecule has 0 aliphatic carbocycles. The van der Waals surface area contributed by atoms with Gasteiger partial charge in [0.15, 0.2) is 9.84 Å². The largest absolute Gasteiger partial charge is 0.348 e. The van der Waals surface area contributed by atoms with Crippen LogP contribution in [0.1, 0.15) is 35.3 Å². The summed E-state index contributed by atoms with van der Waals surface area (Å²) in [6.45, 7) is 4.98. The fourth-order valence-electron chi connectivity index (χ4n) is 2.25. The summed E-state index contributed by atoms with van der Waals surface area (Å²) < 4.78 is 38.1. The third-order valence-corrected chi connectivity index (χ3v) is 5.94. The SMILES string of the molecule is Cc1cc(CNC(=O)c2ccccc2S(=O)(=O)C(C)C)ccc1F. The van der Waals surface area contributed by atoms with Crippen LogP contribution in [-0.4, -0.2) is 19.6 Å². The van der Waals surface area contributed by atoms with E-state index >= 15 is 0 Å². The molecule has 0 radical (unpaired) electrons. The van der Waals surface area contributed by atoms with E-state index in [1.807, 2.05) is 0 Å². The van der Waals surface area contributed by atoms with Gasteiger partial charge in [-0.2, -0.15) is 0 Å². The maximum Gasteiger partial charge on any atom is 0.252 e. The van der Waals surface area contributed by atoms with Crippen LogP contribution in [0.15, 0.2) is 47.4 Å². The van der Waals surface area contributed by atoms with Crippen molar-refractivity contribution in [1.82, 2.24) is 5.32 Å². The summed E-state index contributed by atoms with van der Waals surface area (Å²) in [5, 5.41) is 2.07. The van der Waals surface area contributed by atoms with Gasteiger partial charge in [0.05, 0.1) is 15.7 Å². The topological polar surface area (TPSA) is 63.2 Å². The van der Waals surface area contributed by atoms with Gasteiger partial charge < -0.3 is 5.32 Å². The molecule has 24 heavy (non-hydrogen) atoms. The predicted octanol–water partition coefficient (Wildman–Crippen LogP) is 3.25. The zero-order chi connectivity index (χ0) is 17.9. The molecular weight excluding hydrogens is 329 g/mol. The number of hydrogen-bond donors (Lipinski definition) is 1. The zero-order valence-electron chi connectivity index (χ0n) is 13.8. The molecule has 0 fully saturated rings. The number of nitrogens with one attached hydrogen (secondary N) is 1. The molecule has 0 unspecified atom stereocenters. The first kappa shape index (κ1) is 18.1. The van der Waals surface area contributed by atoms with Crippen molar-refractivity contribution in [1.29, 1.82) is 0 Å². The number of carbonyl (C=O) groups excluding carboxylic acids is 1. The second-order valence-electron chi connectivity index (χ2n) is 5.86. The maximum atomic E-state index is 13.3. The van der Waals surface area contributed by atoms with E-state index in [0.717, 1.165) is 5.56 Å². The number of amides is 1. The lowest BCUT2D eigenvalue weighted by Gasteiger charge is -2.13. The molecule has 6 heteroatoms. The number of aryl methyl sites for hydroxylation is 1.